The van der Waals surface area contributed by atoms with E-state index >= 15 is 0 Å². The third-order valence-electron chi connectivity index (χ3n) is 3.84. The van der Waals surface area contributed by atoms with Crippen molar-refractivity contribution in [1.82, 2.24) is 0 Å². The van der Waals surface area contributed by atoms with Crippen LogP contribution in [0, 0.1) is 11.3 Å². The van der Waals surface area contributed by atoms with Gasteiger partial charge in [-0.1, -0.05) is 55.8 Å². The highest BCUT2D eigenvalue weighted by molar-refractivity contribution is 6.00. The van der Waals surface area contributed by atoms with Crippen LogP contribution in [0.15, 0.2) is 60.2 Å². The Morgan fingerprint density at radius 1 is 1.11 bits per heavy atom. The fraction of sp³-hybridized carbons (Fsp3) is 0.227. The van der Waals surface area contributed by atoms with Gasteiger partial charge >= 0.3 is 5.97 Å². The Morgan fingerprint density at radius 3 is 2.44 bits per heavy atom. The number of carbonyl (C=O) groups excluding carboxylic acids is 2. The number of benzene rings is 2. The van der Waals surface area contributed by atoms with E-state index in [-0.39, 0.29) is 5.57 Å². The third-order valence-corrected chi connectivity index (χ3v) is 3.84. The summed E-state index contributed by atoms with van der Waals surface area (Å²) in [6, 6.07) is 18.3. The molecule has 0 spiro atoms. The third kappa shape index (κ3) is 6.79. The molecule has 1 N–H and O–H groups in total. The Bertz CT molecular complexity index is 834. The van der Waals surface area contributed by atoms with Crippen molar-refractivity contribution in [3.63, 3.8) is 0 Å². The maximum atomic E-state index is 12.0. The molecule has 5 nitrogen and oxygen atoms in total. The zero-order chi connectivity index (χ0) is 19.5. The van der Waals surface area contributed by atoms with E-state index in [1.165, 1.54) is 11.6 Å². The molecule has 0 aliphatic carbocycles. The van der Waals surface area contributed by atoms with Gasteiger partial charge in [-0.25, -0.2) is 4.79 Å². The summed E-state index contributed by atoms with van der Waals surface area (Å²) in [6.45, 7) is 1.69. The summed E-state index contributed by atoms with van der Waals surface area (Å²) in [5.41, 5.74) is 2.40. The highest BCUT2D eigenvalue weighted by atomic mass is 16.5. The molecule has 0 fully saturated rings. The Hall–Kier alpha value is -3.39. The molecule has 0 bridgehead atoms. The van der Waals surface area contributed by atoms with Gasteiger partial charge in [0.25, 0.3) is 5.91 Å². The zero-order valence-corrected chi connectivity index (χ0v) is 15.3. The second-order valence-electron chi connectivity index (χ2n) is 6.01. The second kappa shape index (κ2) is 10.6. The molecule has 5 heteroatoms. The Morgan fingerprint density at radius 2 is 1.81 bits per heavy atom. The van der Waals surface area contributed by atoms with Crippen molar-refractivity contribution in [3.05, 3.63) is 71.3 Å². The van der Waals surface area contributed by atoms with Gasteiger partial charge in [-0.3, -0.25) is 4.79 Å². The predicted molar refractivity (Wildman–Crippen MR) is 105 cm³/mol. The summed E-state index contributed by atoms with van der Waals surface area (Å²) in [5, 5.41) is 11.8. The maximum Gasteiger partial charge on any atom is 0.349 e. The van der Waals surface area contributed by atoms with Crippen LogP contribution in [0.1, 0.15) is 30.9 Å². The SMILES string of the molecule is CCCCc1ccc(NC(=O)COC(=O)/C(C#N)=C/c2ccccc2)cc1. The van der Waals surface area contributed by atoms with E-state index in [2.05, 4.69) is 12.2 Å². The normalized spacial score (nSPS) is 10.7. The van der Waals surface area contributed by atoms with Crippen LogP contribution in [0.25, 0.3) is 6.08 Å². The van der Waals surface area contributed by atoms with E-state index in [4.69, 9.17) is 10.00 Å². The number of esters is 1. The minimum Gasteiger partial charge on any atom is -0.451 e. The molecule has 0 radical (unpaired) electrons. The summed E-state index contributed by atoms with van der Waals surface area (Å²) < 4.78 is 4.94. The van der Waals surface area contributed by atoms with E-state index in [1.54, 1.807) is 30.3 Å². The lowest BCUT2D eigenvalue weighted by Crippen LogP contribution is -2.21. The van der Waals surface area contributed by atoms with Crippen LogP contribution in [0.2, 0.25) is 0 Å². The minimum atomic E-state index is -0.827. The van der Waals surface area contributed by atoms with Gasteiger partial charge in [-0.15, -0.1) is 0 Å². The molecule has 0 atom stereocenters. The molecule has 0 unspecified atom stereocenters. The number of amides is 1. The van der Waals surface area contributed by atoms with Gasteiger partial charge in [0.15, 0.2) is 6.61 Å². The molecule has 1 amide bonds. The highest BCUT2D eigenvalue weighted by Crippen LogP contribution is 2.12. The van der Waals surface area contributed by atoms with Gasteiger partial charge in [0.05, 0.1) is 0 Å². The van der Waals surface area contributed by atoms with Crippen molar-refractivity contribution in [1.29, 1.82) is 5.26 Å². The molecule has 2 rings (SSSR count). The molecule has 0 aliphatic heterocycles. The number of unbranched alkanes of at least 4 members (excludes halogenated alkanes) is 1. The lowest BCUT2D eigenvalue weighted by molar-refractivity contribution is -0.142. The van der Waals surface area contributed by atoms with Crippen molar-refractivity contribution in [2.24, 2.45) is 0 Å². The molecule has 27 heavy (non-hydrogen) atoms. The summed E-state index contributed by atoms with van der Waals surface area (Å²) >= 11 is 0. The molecule has 2 aromatic carbocycles. The van der Waals surface area contributed by atoms with Crippen LogP contribution in [-0.2, 0) is 20.7 Å². The number of nitriles is 1. The Balaban J connectivity index is 1.86. The highest BCUT2D eigenvalue weighted by Gasteiger charge is 2.13. The summed E-state index contributed by atoms with van der Waals surface area (Å²) in [6.07, 6.45) is 4.69. The van der Waals surface area contributed by atoms with Gasteiger partial charge < -0.3 is 10.1 Å². The molecule has 2 aromatic rings. The van der Waals surface area contributed by atoms with Crippen molar-refractivity contribution < 1.29 is 14.3 Å². The first-order valence-corrected chi connectivity index (χ1v) is 8.85. The number of hydrogen-bond donors (Lipinski definition) is 1. The van der Waals surface area contributed by atoms with Crippen molar-refractivity contribution in [2.75, 3.05) is 11.9 Å². The summed E-state index contributed by atoms with van der Waals surface area (Å²) in [5.74, 6) is -1.28. The zero-order valence-electron chi connectivity index (χ0n) is 15.3. The lowest BCUT2D eigenvalue weighted by Gasteiger charge is -2.07. The van der Waals surface area contributed by atoms with Crippen LogP contribution >= 0.6 is 0 Å². The molecule has 0 aliphatic rings. The molecule has 0 saturated carbocycles. The van der Waals surface area contributed by atoms with E-state index < -0.39 is 18.5 Å². The van der Waals surface area contributed by atoms with E-state index in [0.717, 1.165) is 19.3 Å². The van der Waals surface area contributed by atoms with Crippen LogP contribution in [0.3, 0.4) is 0 Å². The molecular formula is C22H22N2O3. The number of anilines is 1. The van der Waals surface area contributed by atoms with Gasteiger partial charge in [0.2, 0.25) is 0 Å². The summed E-state index contributed by atoms with van der Waals surface area (Å²) in [4.78, 5) is 23.9. The molecule has 0 aromatic heterocycles. The number of nitrogens with one attached hydrogen (secondary N) is 1. The van der Waals surface area contributed by atoms with Gasteiger partial charge in [-0.2, -0.15) is 5.26 Å². The number of nitrogens with zero attached hydrogens (tertiary/aromatic N) is 1. The second-order valence-corrected chi connectivity index (χ2v) is 6.01. The first-order chi connectivity index (χ1) is 13.1. The van der Waals surface area contributed by atoms with E-state index in [0.29, 0.717) is 11.3 Å². The largest absolute Gasteiger partial charge is 0.451 e. The fourth-order valence-corrected chi connectivity index (χ4v) is 2.39. The van der Waals surface area contributed by atoms with E-state index in [9.17, 15) is 9.59 Å². The molecular weight excluding hydrogens is 340 g/mol. The average Bonchev–Trinajstić information content (AvgIpc) is 2.70. The van der Waals surface area contributed by atoms with Crippen LogP contribution in [0.5, 0.6) is 0 Å². The fourth-order valence-electron chi connectivity index (χ4n) is 2.39. The summed E-state index contributed by atoms with van der Waals surface area (Å²) in [7, 11) is 0. The van der Waals surface area contributed by atoms with Crippen LogP contribution < -0.4 is 5.32 Å². The molecule has 0 saturated heterocycles. The number of rotatable bonds is 8. The minimum absolute atomic E-state index is 0.158. The number of aryl methyl sites for hydroxylation is 1. The van der Waals surface area contributed by atoms with Gasteiger partial charge in [-0.05, 0) is 42.2 Å². The number of hydrogen-bond acceptors (Lipinski definition) is 4. The topological polar surface area (TPSA) is 79.2 Å². The number of carbonyl (C=O) groups is 2. The lowest BCUT2D eigenvalue weighted by atomic mass is 10.1. The van der Waals surface area contributed by atoms with Crippen molar-refractivity contribution in [3.8, 4) is 6.07 Å². The maximum absolute atomic E-state index is 12.0. The predicted octanol–water partition coefficient (Wildman–Crippen LogP) is 4.12. The quantitative estimate of drug-likeness (QED) is 0.435. The molecule has 0 heterocycles. The Labute approximate surface area is 159 Å². The first-order valence-electron chi connectivity index (χ1n) is 8.85. The van der Waals surface area contributed by atoms with Crippen molar-refractivity contribution in [2.45, 2.75) is 26.2 Å². The van der Waals surface area contributed by atoms with Crippen LogP contribution in [-0.4, -0.2) is 18.5 Å². The Kier molecular flexibility index (Phi) is 7.80. The van der Waals surface area contributed by atoms with Crippen molar-refractivity contribution >= 4 is 23.6 Å². The van der Waals surface area contributed by atoms with Crippen LogP contribution in [0.4, 0.5) is 5.69 Å². The molecule has 138 valence electrons. The van der Waals surface area contributed by atoms with E-state index in [1.807, 2.05) is 30.3 Å². The van der Waals surface area contributed by atoms with Gasteiger partial charge in [0.1, 0.15) is 11.6 Å². The monoisotopic (exact) mass is 362 g/mol. The first kappa shape index (κ1) is 19.9. The number of ether oxygens (including phenoxy) is 1. The van der Waals surface area contributed by atoms with Gasteiger partial charge in [0, 0.05) is 5.69 Å². The average molecular weight is 362 g/mol. The standard InChI is InChI=1S/C22H22N2O3/c1-2-3-7-17-10-12-20(13-11-17)24-21(25)16-27-22(26)19(15-23)14-18-8-5-4-6-9-18/h4-6,8-14H,2-3,7,16H2,1H3,(H,24,25)/b19-14+. The smallest absolute Gasteiger partial charge is 0.349 e.